The van der Waals surface area contributed by atoms with Crippen molar-refractivity contribution < 1.29 is 0 Å². The highest BCUT2D eigenvalue weighted by Crippen LogP contribution is 2.25. The Balaban J connectivity index is 2.12. The van der Waals surface area contributed by atoms with Crippen LogP contribution >= 0.6 is 22.9 Å². The smallest absolute Gasteiger partial charge is 0.123 e. The van der Waals surface area contributed by atoms with Crippen LogP contribution in [0.3, 0.4) is 0 Å². The first kappa shape index (κ1) is 16.5. The Morgan fingerprint density at radius 1 is 1.19 bits per heavy atom. The van der Waals surface area contributed by atoms with Crippen LogP contribution in [0.5, 0.6) is 0 Å². The van der Waals surface area contributed by atoms with Crippen molar-refractivity contribution in [2.45, 2.75) is 39.1 Å². The molecule has 0 radical (unpaired) electrons. The van der Waals surface area contributed by atoms with Crippen LogP contribution in [0.4, 0.5) is 0 Å². The number of rotatable bonds is 8. The zero-order chi connectivity index (χ0) is 15.1. The molecule has 0 atom stereocenters. The lowest BCUT2D eigenvalue weighted by Crippen LogP contribution is -2.24. The normalized spacial score (nSPS) is 11.2. The van der Waals surface area contributed by atoms with Gasteiger partial charge in [-0.25, -0.2) is 4.98 Å². The van der Waals surface area contributed by atoms with Crippen molar-refractivity contribution in [2.75, 3.05) is 13.1 Å². The lowest BCUT2D eigenvalue weighted by Gasteiger charge is -2.21. The number of hydrogen-bond donors (Lipinski definition) is 0. The van der Waals surface area contributed by atoms with Gasteiger partial charge < -0.3 is 0 Å². The average Bonchev–Trinajstić information content (AvgIpc) is 2.97. The second kappa shape index (κ2) is 8.52. The molecule has 2 rings (SSSR count). The van der Waals surface area contributed by atoms with Gasteiger partial charge in [0.1, 0.15) is 5.01 Å². The zero-order valence-corrected chi connectivity index (χ0v) is 14.4. The number of alkyl halides is 1. The Labute approximate surface area is 136 Å². The topological polar surface area (TPSA) is 16.1 Å². The maximum absolute atomic E-state index is 5.83. The van der Waals surface area contributed by atoms with Crippen LogP contribution in [0, 0.1) is 0 Å². The molecule has 0 spiro atoms. The van der Waals surface area contributed by atoms with E-state index in [2.05, 4.69) is 48.0 Å². The molecule has 4 heteroatoms. The Morgan fingerprint density at radius 3 is 2.57 bits per heavy atom. The third-order valence-corrected chi connectivity index (χ3v) is 4.56. The van der Waals surface area contributed by atoms with Gasteiger partial charge in [0.25, 0.3) is 0 Å². The number of hydrogen-bond acceptors (Lipinski definition) is 3. The standard InChI is InChI=1S/C17H23ClN2S/c1-3-8-20(9-4-2)12-14-6-5-7-15(10-14)17-19-16(11-18)13-21-17/h5-7,10,13H,3-4,8-9,11-12H2,1-2H3. The van der Waals surface area contributed by atoms with Crippen LogP contribution in [0.1, 0.15) is 37.9 Å². The van der Waals surface area contributed by atoms with Gasteiger partial charge in [0.2, 0.25) is 0 Å². The van der Waals surface area contributed by atoms with E-state index < -0.39 is 0 Å². The molecule has 0 aliphatic rings. The van der Waals surface area contributed by atoms with Gasteiger partial charge in [0.15, 0.2) is 0 Å². The predicted molar refractivity (Wildman–Crippen MR) is 93.0 cm³/mol. The van der Waals surface area contributed by atoms with Crippen LogP contribution < -0.4 is 0 Å². The first-order valence-corrected chi connectivity index (χ1v) is 9.00. The number of aromatic nitrogens is 1. The summed E-state index contributed by atoms with van der Waals surface area (Å²) in [6.07, 6.45) is 2.40. The molecule has 1 heterocycles. The van der Waals surface area contributed by atoms with Crippen LogP contribution in [-0.4, -0.2) is 23.0 Å². The van der Waals surface area contributed by atoms with E-state index in [1.165, 1.54) is 24.0 Å². The Kier molecular flexibility index (Phi) is 6.68. The van der Waals surface area contributed by atoms with E-state index in [1.54, 1.807) is 11.3 Å². The number of benzene rings is 1. The van der Waals surface area contributed by atoms with Crippen molar-refractivity contribution in [1.82, 2.24) is 9.88 Å². The molecule has 21 heavy (non-hydrogen) atoms. The van der Waals surface area contributed by atoms with Gasteiger partial charge in [-0.1, -0.05) is 32.0 Å². The second-order valence-electron chi connectivity index (χ2n) is 5.25. The van der Waals surface area contributed by atoms with Gasteiger partial charge in [-0.3, -0.25) is 4.90 Å². The van der Waals surface area contributed by atoms with Crippen molar-refractivity contribution in [3.05, 3.63) is 40.9 Å². The maximum Gasteiger partial charge on any atom is 0.123 e. The summed E-state index contributed by atoms with van der Waals surface area (Å²) in [4.78, 5) is 7.08. The van der Waals surface area contributed by atoms with Crippen molar-refractivity contribution in [3.8, 4) is 10.6 Å². The second-order valence-corrected chi connectivity index (χ2v) is 6.38. The molecule has 2 nitrogen and oxygen atoms in total. The Bertz CT molecular complexity index is 547. The van der Waals surface area contributed by atoms with Crippen LogP contribution in [0.2, 0.25) is 0 Å². The van der Waals surface area contributed by atoms with E-state index >= 15 is 0 Å². The van der Waals surface area contributed by atoms with E-state index in [-0.39, 0.29) is 0 Å². The molecule has 0 aliphatic heterocycles. The molecule has 114 valence electrons. The summed E-state index contributed by atoms with van der Waals surface area (Å²) in [6.45, 7) is 7.81. The van der Waals surface area contributed by atoms with Gasteiger partial charge in [-0.2, -0.15) is 0 Å². The van der Waals surface area contributed by atoms with Crippen LogP contribution in [-0.2, 0) is 12.4 Å². The molecule has 1 aromatic heterocycles. The van der Waals surface area contributed by atoms with Crippen molar-refractivity contribution in [2.24, 2.45) is 0 Å². The fraction of sp³-hybridized carbons (Fsp3) is 0.471. The van der Waals surface area contributed by atoms with E-state index in [4.69, 9.17) is 11.6 Å². The van der Waals surface area contributed by atoms with E-state index in [1.807, 2.05) is 5.38 Å². The van der Waals surface area contributed by atoms with Crippen molar-refractivity contribution >= 4 is 22.9 Å². The van der Waals surface area contributed by atoms with E-state index in [0.29, 0.717) is 5.88 Å². The quantitative estimate of drug-likeness (QED) is 0.623. The van der Waals surface area contributed by atoms with Gasteiger partial charge in [-0.05, 0) is 37.6 Å². The Morgan fingerprint density at radius 2 is 1.95 bits per heavy atom. The molecule has 0 bridgehead atoms. The van der Waals surface area contributed by atoms with Crippen molar-refractivity contribution in [3.63, 3.8) is 0 Å². The van der Waals surface area contributed by atoms with Gasteiger partial charge >= 0.3 is 0 Å². The molecule has 0 saturated carbocycles. The molecule has 0 aliphatic carbocycles. The zero-order valence-electron chi connectivity index (χ0n) is 12.8. The third-order valence-electron chi connectivity index (χ3n) is 3.35. The Hall–Kier alpha value is -0.900. The summed E-state index contributed by atoms with van der Waals surface area (Å²) in [7, 11) is 0. The maximum atomic E-state index is 5.83. The summed E-state index contributed by atoms with van der Waals surface area (Å²) in [6, 6.07) is 8.72. The molecule has 0 unspecified atom stereocenters. The van der Waals surface area contributed by atoms with Gasteiger partial charge in [0, 0.05) is 17.5 Å². The van der Waals surface area contributed by atoms with Gasteiger partial charge in [0.05, 0.1) is 11.6 Å². The first-order valence-electron chi connectivity index (χ1n) is 7.58. The van der Waals surface area contributed by atoms with Crippen LogP contribution in [0.25, 0.3) is 10.6 Å². The third kappa shape index (κ3) is 4.80. The number of thiazole rings is 1. The molecule has 1 aromatic carbocycles. The molecule has 0 fully saturated rings. The predicted octanol–water partition coefficient (Wildman–Crippen LogP) is 5.17. The first-order chi connectivity index (χ1) is 10.3. The highest BCUT2D eigenvalue weighted by atomic mass is 35.5. The molecular weight excluding hydrogens is 300 g/mol. The monoisotopic (exact) mass is 322 g/mol. The van der Waals surface area contributed by atoms with Crippen molar-refractivity contribution in [1.29, 1.82) is 0 Å². The van der Waals surface area contributed by atoms with Crippen LogP contribution in [0.15, 0.2) is 29.6 Å². The molecular formula is C17H23ClN2S. The number of halogens is 1. The fourth-order valence-electron chi connectivity index (χ4n) is 2.46. The summed E-state index contributed by atoms with van der Waals surface area (Å²) >= 11 is 7.50. The van der Waals surface area contributed by atoms with Gasteiger partial charge in [-0.15, -0.1) is 22.9 Å². The fourth-order valence-corrected chi connectivity index (χ4v) is 3.51. The molecule has 0 N–H and O–H groups in total. The highest BCUT2D eigenvalue weighted by Gasteiger charge is 2.07. The SMILES string of the molecule is CCCN(CCC)Cc1cccc(-c2nc(CCl)cs2)c1. The lowest BCUT2D eigenvalue weighted by molar-refractivity contribution is 0.266. The minimum Gasteiger partial charge on any atom is -0.299 e. The highest BCUT2D eigenvalue weighted by molar-refractivity contribution is 7.13. The lowest BCUT2D eigenvalue weighted by atomic mass is 10.1. The van der Waals surface area contributed by atoms with E-state index in [0.717, 1.165) is 30.3 Å². The van der Waals surface area contributed by atoms with E-state index in [9.17, 15) is 0 Å². The number of nitrogens with zero attached hydrogens (tertiary/aromatic N) is 2. The summed E-state index contributed by atoms with van der Waals surface area (Å²) < 4.78 is 0. The minimum absolute atomic E-state index is 0.483. The molecule has 0 saturated heterocycles. The average molecular weight is 323 g/mol. The largest absolute Gasteiger partial charge is 0.299 e. The molecule has 2 aromatic rings. The molecule has 0 amide bonds. The summed E-state index contributed by atoms with van der Waals surface area (Å²) in [5, 5.41) is 3.10. The summed E-state index contributed by atoms with van der Waals surface area (Å²) in [5.41, 5.74) is 3.51. The minimum atomic E-state index is 0.483. The summed E-state index contributed by atoms with van der Waals surface area (Å²) in [5.74, 6) is 0.483.